The molecule has 120 valence electrons. The second-order valence-corrected chi connectivity index (χ2v) is 6.70. The number of hydrogen-bond acceptors (Lipinski definition) is 2. The van der Waals surface area contributed by atoms with Crippen LogP contribution in [-0.2, 0) is 0 Å². The highest BCUT2D eigenvalue weighted by Crippen LogP contribution is 2.39. The van der Waals surface area contributed by atoms with Gasteiger partial charge in [0.1, 0.15) is 11.4 Å². The molecule has 2 aromatic carbocycles. The number of hydrogen-bond donors (Lipinski definition) is 2. The maximum atomic E-state index is 12.3. The van der Waals surface area contributed by atoms with E-state index in [-0.39, 0.29) is 17.7 Å². The highest BCUT2D eigenvalue weighted by atomic mass is 35.5. The average Bonchev–Trinajstić information content (AvgIpc) is 2.48. The molecule has 0 saturated carbocycles. The molecular weight excluding hydrogens is 312 g/mol. The van der Waals surface area contributed by atoms with Crippen LogP contribution in [0, 0.1) is 0 Å². The first kappa shape index (κ1) is 15.7. The van der Waals surface area contributed by atoms with Crippen molar-refractivity contribution in [2.75, 3.05) is 5.32 Å². The molecule has 0 spiro atoms. The van der Waals surface area contributed by atoms with Crippen LogP contribution < -0.4 is 15.4 Å². The number of urea groups is 1. The van der Waals surface area contributed by atoms with Crippen LogP contribution in [-0.4, -0.2) is 11.6 Å². The Morgan fingerprint density at radius 3 is 2.61 bits per heavy atom. The smallest absolute Gasteiger partial charge is 0.319 e. The lowest BCUT2D eigenvalue weighted by Crippen LogP contribution is -2.42. The first-order valence-corrected chi connectivity index (χ1v) is 7.92. The SMILES string of the molecule is CC1(C)C[C@H](NC(=O)Nc2ccc(Cl)cc2)c2ccccc2O1. The number of para-hydroxylation sites is 1. The maximum Gasteiger partial charge on any atom is 0.319 e. The van der Waals surface area contributed by atoms with Gasteiger partial charge in [0.2, 0.25) is 0 Å². The summed E-state index contributed by atoms with van der Waals surface area (Å²) in [5, 5.41) is 6.49. The molecule has 0 bridgehead atoms. The van der Waals surface area contributed by atoms with Crippen molar-refractivity contribution in [2.24, 2.45) is 0 Å². The fourth-order valence-corrected chi connectivity index (χ4v) is 2.92. The molecule has 0 aliphatic carbocycles. The summed E-state index contributed by atoms with van der Waals surface area (Å²) in [4.78, 5) is 12.3. The number of halogens is 1. The fraction of sp³-hybridized carbons (Fsp3) is 0.278. The van der Waals surface area contributed by atoms with Crippen molar-refractivity contribution in [3.05, 3.63) is 59.1 Å². The zero-order valence-corrected chi connectivity index (χ0v) is 13.9. The summed E-state index contributed by atoms with van der Waals surface area (Å²) in [7, 11) is 0. The molecule has 1 aliphatic rings. The summed E-state index contributed by atoms with van der Waals surface area (Å²) in [5.41, 5.74) is 1.37. The first-order chi connectivity index (χ1) is 10.9. The van der Waals surface area contributed by atoms with Crippen LogP contribution in [0.5, 0.6) is 5.75 Å². The van der Waals surface area contributed by atoms with Gasteiger partial charge in [0, 0.05) is 22.7 Å². The predicted molar refractivity (Wildman–Crippen MR) is 92.1 cm³/mol. The monoisotopic (exact) mass is 330 g/mol. The Morgan fingerprint density at radius 2 is 1.87 bits per heavy atom. The Balaban J connectivity index is 1.74. The van der Waals surface area contributed by atoms with E-state index in [2.05, 4.69) is 10.6 Å². The standard InChI is InChI=1S/C18H19ClN2O2/c1-18(2)11-15(14-5-3-4-6-16(14)23-18)21-17(22)20-13-9-7-12(19)8-10-13/h3-10,15H,11H2,1-2H3,(H2,20,21,22)/t15-/m0/s1. The van der Waals surface area contributed by atoms with Crippen molar-refractivity contribution in [1.82, 2.24) is 5.32 Å². The topological polar surface area (TPSA) is 50.4 Å². The number of carbonyl (C=O) groups is 1. The lowest BCUT2D eigenvalue weighted by Gasteiger charge is -2.37. The highest BCUT2D eigenvalue weighted by Gasteiger charge is 2.34. The minimum absolute atomic E-state index is 0.0951. The Morgan fingerprint density at radius 1 is 1.17 bits per heavy atom. The molecule has 2 N–H and O–H groups in total. The number of nitrogens with one attached hydrogen (secondary N) is 2. The van der Waals surface area contributed by atoms with Crippen molar-refractivity contribution in [2.45, 2.75) is 31.9 Å². The highest BCUT2D eigenvalue weighted by molar-refractivity contribution is 6.30. The molecule has 0 unspecified atom stereocenters. The molecule has 1 aliphatic heterocycles. The van der Waals surface area contributed by atoms with Gasteiger partial charge >= 0.3 is 6.03 Å². The molecule has 5 heteroatoms. The quantitative estimate of drug-likeness (QED) is 0.833. The number of fused-ring (bicyclic) bond motifs is 1. The summed E-state index contributed by atoms with van der Waals surface area (Å²) in [6.07, 6.45) is 0.706. The van der Waals surface area contributed by atoms with Crippen LogP contribution in [0.15, 0.2) is 48.5 Å². The number of benzene rings is 2. The summed E-state index contributed by atoms with van der Waals surface area (Å²) in [6, 6.07) is 14.5. The van der Waals surface area contributed by atoms with Gasteiger partial charge in [-0.05, 0) is 44.2 Å². The van der Waals surface area contributed by atoms with E-state index in [1.807, 2.05) is 38.1 Å². The van der Waals surface area contributed by atoms with Crippen molar-refractivity contribution >= 4 is 23.3 Å². The molecule has 0 fully saturated rings. The lowest BCUT2D eigenvalue weighted by atomic mass is 9.90. The van der Waals surface area contributed by atoms with Crippen molar-refractivity contribution in [3.63, 3.8) is 0 Å². The van der Waals surface area contributed by atoms with Gasteiger partial charge in [-0.1, -0.05) is 29.8 Å². The summed E-state index contributed by atoms with van der Waals surface area (Å²) in [6.45, 7) is 4.05. The normalized spacial score (nSPS) is 18.5. The summed E-state index contributed by atoms with van der Waals surface area (Å²) >= 11 is 5.85. The van der Waals surface area contributed by atoms with Gasteiger partial charge < -0.3 is 15.4 Å². The van der Waals surface area contributed by atoms with Gasteiger partial charge in [0.05, 0.1) is 6.04 Å². The van der Waals surface area contributed by atoms with Crippen molar-refractivity contribution in [3.8, 4) is 5.75 Å². The van der Waals surface area contributed by atoms with E-state index in [0.29, 0.717) is 17.1 Å². The van der Waals surface area contributed by atoms with Crippen LogP contribution in [0.1, 0.15) is 31.9 Å². The Kier molecular flexibility index (Phi) is 4.18. The van der Waals surface area contributed by atoms with Crippen LogP contribution in [0.25, 0.3) is 0 Å². The van der Waals surface area contributed by atoms with E-state index < -0.39 is 0 Å². The molecule has 3 rings (SSSR count). The lowest BCUT2D eigenvalue weighted by molar-refractivity contribution is 0.0683. The third-order valence-corrected chi connectivity index (χ3v) is 4.04. The van der Waals surface area contributed by atoms with Gasteiger partial charge in [-0.2, -0.15) is 0 Å². The zero-order valence-electron chi connectivity index (χ0n) is 13.1. The second-order valence-electron chi connectivity index (χ2n) is 6.26. The number of ether oxygens (including phenoxy) is 1. The Labute approximate surface area is 140 Å². The fourth-order valence-electron chi connectivity index (χ4n) is 2.79. The van der Waals surface area contributed by atoms with E-state index in [4.69, 9.17) is 16.3 Å². The molecule has 0 saturated heterocycles. The van der Waals surface area contributed by atoms with E-state index in [1.165, 1.54) is 0 Å². The number of anilines is 1. The zero-order chi connectivity index (χ0) is 16.4. The average molecular weight is 331 g/mol. The van der Waals surface area contributed by atoms with E-state index in [0.717, 1.165) is 11.3 Å². The van der Waals surface area contributed by atoms with Crippen molar-refractivity contribution < 1.29 is 9.53 Å². The molecular formula is C18H19ClN2O2. The van der Waals surface area contributed by atoms with Crippen molar-refractivity contribution in [1.29, 1.82) is 0 Å². The Hall–Kier alpha value is -2.20. The number of amides is 2. The molecule has 0 radical (unpaired) electrons. The van der Waals surface area contributed by atoms with E-state index in [1.54, 1.807) is 24.3 Å². The van der Waals surface area contributed by atoms with Gasteiger partial charge in [-0.15, -0.1) is 0 Å². The molecule has 1 atom stereocenters. The minimum atomic E-state index is -0.327. The molecule has 1 heterocycles. The van der Waals surface area contributed by atoms with Crippen LogP contribution >= 0.6 is 11.6 Å². The maximum absolute atomic E-state index is 12.3. The number of carbonyl (C=O) groups excluding carboxylic acids is 1. The van der Waals surface area contributed by atoms with E-state index >= 15 is 0 Å². The van der Waals surface area contributed by atoms with Crippen LogP contribution in [0.2, 0.25) is 5.02 Å². The Bertz CT molecular complexity index is 713. The van der Waals surface area contributed by atoms with E-state index in [9.17, 15) is 4.79 Å². The van der Waals surface area contributed by atoms with Crippen LogP contribution in [0.4, 0.5) is 10.5 Å². The van der Waals surface area contributed by atoms with Gasteiger partial charge in [-0.25, -0.2) is 4.79 Å². The van der Waals surface area contributed by atoms with Gasteiger partial charge in [0.25, 0.3) is 0 Å². The van der Waals surface area contributed by atoms with Crippen LogP contribution in [0.3, 0.4) is 0 Å². The molecule has 2 amide bonds. The first-order valence-electron chi connectivity index (χ1n) is 7.54. The summed E-state index contributed by atoms with van der Waals surface area (Å²) in [5.74, 6) is 0.820. The molecule has 0 aromatic heterocycles. The molecule has 4 nitrogen and oxygen atoms in total. The third-order valence-electron chi connectivity index (χ3n) is 3.78. The summed E-state index contributed by atoms with van der Waals surface area (Å²) < 4.78 is 5.98. The molecule has 2 aromatic rings. The predicted octanol–water partition coefficient (Wildman–Crippen LogP) is 4.76. The minimum Gasteiger partial charge on any atom is -0.487 e. The second kappa shape index (κ2) is 6.13. The molecule has 23 heavy (non-hydrogen) atoms. The largest absolute Gasteiger partial charge is 0.487 e. The van der Waals surface area contributed by atoms with Gasteiger partial charge in [0.15, 0.2) is 0 Å². The third kappa shape index (κ3) is 3.77. The van der Waals surface area contributed by atoms with Gasteiger partial charge in [-0.3, -0.25) is 0 Å². The number of rotatable bonds is 2.